The lowest BCUT2D eigenvalue weighted by Crippen LogP contribution is -2.21. The van der Waals surface area contributed by atoms with E-state index < -0.39 is 17.7 Å². The van der Waals surface area contributed by atoms with Gasteiger partial charge in [0.25, 0.3) is 0 Å². The number of benzene rings is 1. The van der Waals surface area contributed by atoms with E-state index in [9.17, 15) is 8.78 Å². The Hall–Kier alpha value is -0.520. The van der Waals surface area contributed by atoms with Gasteiger partial charge in [0.2, 0.25) is 0 Å². The van der Waals surface area contributed by atoms with Gasteiger partial charge >= 0.3 is 0 Å². The van der Waals surface area contributed by atoms with Gasteiger partial charge < -0.3 is 11.5 Å². The predicted octanol–water partition coefficient (Wildman–Crippen LogP) is 1.69. The van der Waals surface area contributed by atoms with Gasteiger partial charge in [-0.25, -0.2) is 8.78 Å². The first-order chi connectivity index (χ1) is 6.07. The smallest absolute Gasteiger partial charge is 0.173 e. The molecule has 72 valence electrons. The summed E-state index contributed by atoms with van der Waals surface area (Å²) in [4.78, 5) is 0. The van der Waals surface area contributed by atoms with Gasteiger partial charge in [0.15, 0.2) is 11.6 Å². The molecule has 0 aromatic heterocycles. The third-order valence-corrected chi connectivity index (χ3v) is 2.52. The van der Waals surface area contributed by atoms with Crippen molar-refractivity contribution in [2.24, 2.45) is 11.5 Å². The molecule has 13 heavy (non-hydrogen) atoms. The average Bonchev–Trinajstić information content (AvgIpc) is 2.13. The summed E-state index contributed by atoms with van der Waals surface area (Å²) in [5, 5.41) is 0. The molecule has 0 aliphatic carbocycles. The molecule has 1 aromatic rings. The number of nitrogens with two attached hydrogens (primary N) is 2. The van der Waals surface area contributed by atoms with Crippen molar-refractivity contribution in [2.45, 2.75) is 6.04 Å². The van der Waals surface area contributed by atoms with Gasteiger partial charge in [0, 0.05) is 12.6 Å². The molecule has 5 heteroatoms. The third kappa shape index (κ3) is 2.04. The van der Waals surface area contributed by atoms with Gasteiger partial charge in [-0.1, -0.05) is 6.07 Å². The van der Waals surface area contributed by atoms with Crippen LogP contribution in [-0.4, -0.2) is 6.54 Å². The molecule has 0 fully saturated rings. The molecule has 0 aliphatic rings. The minimum Gasteiger partial charge on any atom is -0.329 e. The van der Waals surface area contributed by atoms with Crippen LogP contribution in [0.2, 0.25) is 0 Å². The highest BCUT2D eigenvalue weighted by molar-refractivity contribution is 9.10. The minimum absolute atomic E-state index is 0.0467. The van der Waals surface area contributed by atoms with Gasteiger partial charge in [0.1, 0.15) is 0 Å². The fraction of sp³-hybridized carbons (Fsp3) is 0.250. The maximum atomic E-state index is 13.0. The third-order valence-electron chi connectivity index (χ3n) is 1.72. The summed E-state index contributed by atoms with van der Waals surface area (Å²) >= 11 is 2.92. The maximum Gasteiger partial charge on any atom is 0.173 e. The van der Waals surface area contributed by atoms with E-state index >= 15 is 0 Å². The van der Waals surface area contributed by atoms with Crippen LogP contribution in [0.15, 0.2) is 16.6 Å². The van der Waals surface area contributed by atoms with E-state index in [2.05, 4.69) is 15.9 Å². The molecule has 0 bridgehead atoms. The van der Waals surface area contributed by atoms with Gasteiger partial charge in [0.05, 0.1) is 4.47 Å². The lowest BCUT2D eigenvalue weighted by molar-refractivity contribution is 0.500. The molecule has 0 radical (unpaired) electrons. The Morgan fingerprint density at radius 3 is 2.54 bits per heavy atom. The topological polar surface area (TPSA) is 52.0 Å². The predicted molar refractivity (Wildman–Crippen MR) is 50.0 cm³/mol. The van der Waals surface area contributed by atoms with Gasteiger partial charge in [-0.2, -0.15) is 0 Å². The van der Waals surface area contributed by atoms with Crippen LogP contribution in [0.1, 0.15) is 11.6 Å². The van der Waals surface area contributed by atoms with Crippen molar-refractivity contribution in [1.82, 2.24) is 0 Å². The lowest BCUT2D eigenvalue weighted by Gasteiger charge is -2.11. The van der Waals surface area contributed by atoms with E-state index in [1.807, 2.05) is 0 Å². The zero-order chi connectivity index (χ0) is 10.0. The molecule has 1 aromatic carbocycles. The highest BCUT2D eigenvalue weighted by atomic mass is 79.9. The van der Waals surface area contributed by atoms with Crippen LogP contribution in [0.25, 0.3) is 0 Å². The largest absolute Gasteiger partial charge is 0.329 e. The molecule has 0 saturated carbocycles. The van der Waals surface area contributed by atoms with Crippen molar-refractivity contribution >= 4 is 15.9 Å². The van der Waals surface area contributed by atoms with E-state index in [0.29, 0.717) is 5.56 Å². The van der Waals surface area contributed by atoms with Crippen LogP contribution in [0.3, 0.4) is 0 Å². The van der Waals surface area contributed by atoms with Crippen molar-refractivity contribution in [1.29, 1.82) is 0 Å². The van der Waals surface area contributed by atoms with Crippen LogP contribution < -0.4 is 11.5 Å². The van der Waals surface area contributed by atoms with Crippen LogP contribution in [-0.2, 0) is 0 Å². The van der Waals surface area contributed by atoms with E-state index in [4.69, 9.17) is 11.5 Å². The summed E-state index contributed by atoms with van der Waals surface area (Å²) in [6.07, 6.45) is 0. The zero-order valence-electron chi connectivity index (χ0n) is 6.73. The van der Waals surface area contributed by atoms with Crippen LogP contribution in [0.4, 0.5) is 8.78 Å². The van der Waals surface area contributed by atoms with Crippen molar-refractivity contribution in [3.63, 3.8) is 0 Å². The summed E-state index contributed by atoms with van der Waals surface area (Å²) in [6.45, 7) is 0.184. The number of hydrogen-bond acceptors (Lipinski definition) is 2. The van der Waals surface area contributed by atoms with E-state index in [0.717, 1.165) is 6.07 Å². The second kappa shape index (κ2) is 4.13. The van der Waals surface area contributed by atoms with E-state index in [1.54, 1.807) is 0 Å². The van der Waals surface area contributed by atoms with Crippen LogP contribution in [0.5, 0.6) is 0 Å². The normalized spacial score (nSPS) is 13.0. The van der Waals surface area contributed by atoms with Crippen LogP contribution in [0, 0.1) is 11.6 Å². The Labute approximate surface area is 83.0 Å². The Balaban J connectivity index is 3.18. The number of halogens is 3. The van der Waals surface area contributed by atoms with E-state index in [-0.39, 0.29) is 11.0 Å². The first kappa shape index (κ1) is 10.6. The molecule has 0 aliphatic heterocycles. The van der Waals surface area contributed by atoms with Crippen molar-refractivity contribution < 1.29 is 8.78 Å². The maximum absolute atomic E-state index is 13.0. The summed E-state index contributed by atoms with van der Waals surface area (Å²) in [6, 6.07) is 1.97. The zero-order valence-corrected chi connectivity index (χ0v) is 8.31. The minimum atomic E-state index is -0.929. The summed E-state index contributed by atoms with van der Waals surface area (Å²) in [5.41, 5.74) is 11.3. The summed E-state index contributed by atoms with van der Waals surface area (Å²) in [7, 11) is 0. The van der Waals surface area contributed by atoms with Crippen molar-refractivity contribution in [3.8, 4) is 0 Å². The molecule has 1 unspecified atom stereocenters. The van der Waals surface area contributed by atoms with Gasteiger partial charge in [-0.3, -0.25) is 0 Å². The van der Waals surface area contributed by atoms with Crippen molar-refractivity contribution in [3.05, 3.63) is 33.8 Å². The molecule has 0 spiro atoms. The first-order valence-electron chi connectivity index (χ1n) is 3.67. The first-order valence-corrected chi connectivity index (χ1v) is 4.46. The second-order valence-electron chi connectivity index (χ2n) is 2.61. The SMILES string of the molecule is NCC(N)c1ccc(F)c(F)c1Br. The molecule has 1 rings (SSSR count). The Bertz CT molecular complexity index is 317. The van der Waals surface area contributed by atoms with E-state index in [1.165, 1.54) is 6.07 Å². The monoisotopic (exact) mass is 250 g/mol. The fourth-order valence-corrected chi connectivity index (χ4v) is 1.57. The Morgan fingerprint density at radius 1 is 1.38 bits per heavy atom. The number of hydrogen-bond donors (Lipinski definition) is 2. The summed E-state index contributed by atoms with van der Waals surface area (Å²) < 4.78 is 25.7. The van der Waals surface area contributed by atoms with Gasteiger partial charge in [-0.15, -0.1) is 0 Å². The fourth-order valence-electron chi connectivity index (χ4n) is 0.954. The molecular formula is C8H9BrF2N2. The quantitative estimate of drug-likeness (QED) is 0.786. The molecule has 4 N–H and O–H groups in total. The molecule has 0 saturated heterocycles. The molecular weight excluding hydrogens is 242 g/mol. The number of rotatable bonds is 2. The molecule has 2 nitrogen and oxygen atoms in total. The highest BCUT2D eigenvalue weighted by Gasteiger charge is 2.14. The molecule has 0 heterocycles. The standard InChI is InChI=1S/C8H9BrF2N2/c9-7-4(6(13)3-12)1-2-5(10)8(7)11/h1-2,6H,3,12-13H2. The molecule has 0 amide bonds. The Morgan fingerprint density at radius 2 is 2.00 bits per heavy atom. The average molecular weight is 251 g/mol. The van der Waals surface area contributed by atoms with Crippen LogP contribution >= 0.6 is 15.9 Å². The van der Waals surface area contributed by atoms with Gasteiger partial charge in [-0.05, 0) is 27.6 Å². The Kier molecular flexibility index (Phi) is 3.35. The summed E-state index contributed by atoms with van der Waals surface area (Å²) in [5.74, 6) is -1.83. The highest BCUT2D eigenvalue weighted by Crippen LogP contribution is 2.26. The molecule has 1 atom stereocenters. The van der Waals surface area contributed by atoms with Crippen molar-refractivity contribution in [2.75, 3.05) is 6.54 Å². The second-order valence-corrected chi connectivity index (χ2v) is 3.40. The lowest BCUT2D eigenvalue weighted by atomic mass is 10.1.